The van der Waals surface area contributed by atoms with Crippen LogP contribution in [0.2, 0.25) is 0 Å². The van der Waals surface area contributed by atoms with Crippen LogP contribution >= 0.6 is 0 Å². The second kappa shape index (κ2) is 10.4. The number of likely N-dealkylation sites (tertiary alicyclic amines) is 1. The average Bonchev–Trinajstić information content (AvgIpc) is 3.28. The zero-order valence-electron chi connectivity index (χ0n) is 21.9. The normalized spacial score (nSPS) is 24.4. The number of benzene rings is 1. The average molecular weight is 538 g/mol. The Hall–Kier alpha value is -2.99. The Balaban J connectivity index is 1.80. The number of carbonyl (C=O) groups is 3. The van der Waals surface area contributed by atoms with Gasteiger partial charge in [-0.05, 0) is 42.9 Å². The lowest BCUT2D eigenvalue weighted by Gasteiger charge is -2.36. The van der Waals surface area contributed by atoms with E-state index in [1.807, 2.05) is 25.5 Å². The fourth-order valence-electron chi connectivity index (χ4n) is 4.50. The largest absolute Gasteiger partial charge is 0.373 e. The maximum atomic E-state index is 13.8. The molecule has 3 N–H and O–H groups in total. The summed E-state index contributed by atoms with van der Waals surface area (Å²) in [4.78, 5) is 41.5. The van der Waals surface area contributed by atoms with Crippen LogP contribution in [0.25, 0.3) is 0 Å². The molecule has 3 amide bonds. The number of anilines is 1. The molecule has 12 heteroatoms. The minimum atomic E-state index is -4.06. The zero-order chi connectivity index (χ0) is 27.8. The van der Waals surface area contributed by atoms with E-state index in [9.17, 15) is 27.2 Å². The summed E-state index contributed by atoms with van der Waals surface area (Å²) in [5.41, 5.74) is -1.58. The van der Waals surface area contributed by atoms with E-state index in [1.54, 1.807) is 12.1 Å². The molecule has 1 aromatic carbocycles. The van der Waals surface area contributed by atoms with Crippen molar-refractivity contribution in [1.82, 2.24) is 19.2 Å². The molecular formula is C25H36FN5O5S. The van der Waals surface area contributed by atoms with Gasteiger partial charge < -0.3 is 15.5 Å². The molecule has 1 saturated carbocycles. The Kier molecular flexibility index (Phi) is 8.04. The van der Waals surface area contributed by atoms with E-state index in [0.717, 1.165) is 4.31 Å². The Morgan fingerprint density at radius 3 is 2.49 bits per heavy atom. The van der Waals surface area contributed by atoms with Gasteiger partial charge in [0.1, 0.15) is 23.4 Å². The van der Waals surface area contributed by atoms with Crippen LogP contribution in [0.15, 0.2) is 36.9 Å². The third kappa shape index (κ3) is 6.12. The van der Waals surface area contributed by atoms with Gasteiger partial charge in [0.15, 0.2) is 0 Å². The van der Waals surface area contributed by atoms with Crippen molar-refractivity contribution in [3.8, 4) is 0 Å². The number of amides is 3. The minimum absolute atomic E-state index is 0.198. The summed E-state index contributed by atoms with van der Waals surface area (Å²) in [6.45, 7) is 9.64. The number of nitrogens with zero attached hydrogens (tertiary/aromatic N) is 2. The molecule has 1 unspecified atom stereocenters. The second-order valence-corrected chi connectivity index (χ2v) is 12.8. The number of carbonyl (C=O) groups excluding carboxylic acids is 3. The topological polar surface area (TPSA) is 128 Å². The summed E-state index contributed by atoms with van der Waals surface area (Å²) in [5.74, 6) is -2.60. The lowest BCUT2D eigenvalue weighted by atomic mass is 9.85. The van der Waals surface area contributed by atoms with Gasteiger partial charge in [0.05, 0.1) is 0 Å². The van der Waals surface area contributed by atoms with Crippen LogP contribution in [0.4, 0.5) is 10.1 Å². The van der Waals surface area contributed by atoms with Gasteiger partial charge in [-0.1, -0.05) is 32.9 Å². The van der Waals surface area contributed by atoms with E-state index in [1.165, 1.54) is 37.2 Å². The molecule has 2 fully saturated rings. The summed E-state index contributed by atoms with van der Waals surface area (Å²) >= 11 is 0. The number of hydrogen-bond donors (Lipinski definition) is 3. The van der Waals surface area contributed by atoms with E-state index in [2.05, 4.69) is 17.2 Å². The molecule has 1 aromatic rings. The lowest BCUT2D eigenvalue weighted by Crippen LogP contribution is -2.59. The van der Waals surface area contributed by atoms with Gasteiger partial charge in [-0.15, -0.1) is 6.58 Å². The molecule has 1 saturated heterocycles. The molecule has 0 spiro atoms. The first-order valence-corrected chi connectivity index (χ1v) is 13.6. The van der Waals surface area contributed by atoms with Gasteiger partial charge in [0.2, 0.25) is 11.8 Å². The summed E-state index contributed by atoms with van der Waals surface area (Å²) in [6.07, 6.45) is 2.67. The van der Waals surface area contributed by atoms with Crippen LogP contribution in [-0.4, -0.2) is 73.6 Å². The Morgan fingerprint density at radius 2 is 1.95 bits per heavy atom. The maximum absolute atomic E-state index is 13.8. The number of hydrogen-bond acceptors (Lipinski definition) is 6. The first-order chi connectivity index (χ1) is 17.1. The van der Waals surface area contributed by atoms with E-state index in [4.69, 9.17) is 0 Å². The predicted octanol–water partition coefficient (Wildman–Crippen LogP) is 1.63. The van der Waals surface area contributed by atoms with Crippen LogP contribution in [-0.2, 0) is 24.6 Å². The minimum Gasteiger partial charge on any atom is -0.373 e. The molecule has 2 aliphatic rings. The number of halogens is 1. The van der Waals surface area contributed by atoms with Crippen LogP contribution in [0.1, 0.15) is 40.0 Å². The molecule has 37 heavy (non-hydrogen) atoms. The van der Waals surface area contributed by atoms with Crippen molar-refractivity contribution in [2.24, 2.45) is 11.3 Å². The van der Waals surface area contributed by atoms with Crippen molar-refractivity contribution >= 4 is 33.6 Å². The number of nitrogens with one attached hydrogen (secondary N) is 3. The van der Waals surface area contributed by atoms with Crippen LogP contribution in [0.3, 0.4) is 0 Å². The highest BCUT2D eigenvalue weighted by atomic mass is 32.2. The molecule has 204 valence electrons. The highest BCUT2D eigenvalue weighted by molar-refractivity contribution is 7.87. The molecule has 10 nitrogen and oxygen atoms in total. The zero-order valence-corrected chi connectivity index (χ0v) is 22.7. The van der Waals surface area contributed by atoms with Crippen molar-refractivity contribution in [3.05, 3.63) is 42.7 Å². The van der Waals surface area contributed by atoms with Crippen LogP contribution < -0.4 is 15.4 Å². The van der Waals surface area contributed by atoms with Crippen molar-refractivity contribution in [2.45, 2.75) is 57.7 Å². The highest BCUT2D eigenvalue weighted by Gasteiger charge is 2.61. The molecule has 3 rings (SSSR count). The first kappa shape index (κ1) is 28.6. The molecule has 0 aromatic heterocycles. The molecular weight excluding hydrogens is 501 g/mol. The molecule has 4 atom stereocenters. The van der Waals surface area contributed by atoms with E-state index >= 15 is 0 Å². The fraction of sp³-hybridized carbons (Fsp3) is 0.560. The Labute approximate surface area is 217 Å². The van der Waals surface area contributed by atoms with Crippen molar-refractivity contribution in [1.29, 1.82) is 0 Å². The lowest BCUT2D eigenvalue weighted by molar-refractivity contribution is -0.141. The summed E-state index contributed by atoms with van der Waals surface area (Å²) in [5, 5.41) is 5.84. The van der Waals surface area contributed by atoms with Gasteiger partial charge in [-0.3, -0.25) is 14.4 Å². The molecule has 0 bridgehead atoms. The van der Waals surface area contributed by atoms with Crippen LogP contribution in [0, 0.1) is 17.2 Å². The van der Waals surface area contributed by atoms with E-state index < -0.39 is 56.8 Å². The Bertz CT molecular complexity index is 1180. The molecule has 1 aliphatic heterocycles. The molecule has 1 heterocycles. The summed E-state index contributed by atoms with van der Waals surface area (Å²) in [6, 6.07) is 4.22. The third-order valence-corrected chi connectivity index (χ3v) is 8.24. The Morgan fingerprint density at radius 1 is 1.27 bits per heavy atom. The monoisotopic (exact) mass is 537 g/mol. The smallest absolute Gasteiger partial charge is 0.303 e. The van der Waals surface area contributed by atoms with E-state index in [-0.39, 0.29) is 12.3 Å². The fourth-order valence-corrected chi connectivity index (χ4v) is 5.10. The van der Waals surface area contributed by atoms with Crippen molar-refractivity contribution in [3.63, 3.8) is 0 Å². The van der Waals surface area contributed by atoms with Crippen molar-refractivity contribution in [2.75, 3.05) is 26.0 Å². The number of rotatable bonds is 9. The second-order valence-electron chi connectivity index (χ2n) is 10.9. The molecule has 1 aliphatic carbocycles. The first-order valence-electron chi connectivity index (χ1n) is 12.1. The highest BCUT2D eigenvalue weighted by Crippen LogP contribution is 2.45. The SMILES string of the molecule is C=C[C@@H]1C[C@]1(NC(=O)[C@@H]1CCCN1C(=O)C(Nc1cccc(F)c1)C(C)(C)C)C(=O)NS(=O)(=O)N(C)C. The third-order valence-electron chi connectivity index (χ3n) is 6.84. The summed E-state index contributed by atoms with van der Waals surface area (Å²) < 4.78 is 41.0. The summed E-state index contributed by atoms with van der Waals surface area (Å²) in [7, 11) is -1.50. The van der Waals surface area contributed by atoms with Gasteiger partial charge in [-0.2, -0.15) is 12.7 Å². The van der Waals surface area contributed by atoms with Gasteiger partial charge in [0.25, 0.3) is 5.91 Å². The van der Waals surface area contributed by atoms with Crippen LogP contribution in [0.5, 0.6) is 0 Å². The standard InChI is InChI=1S/C25H36FN5O5S/c1-7-16-15-25(16,23(34)29-37(35,36)30(5)6)28-21(32)19-12-9-13-31(19)22(33)20(24(2,3)4)27-18-11-8-10-17(26)14-18/h7-8,10-11,14,16,19-20,27H,1,9,12-13,15H2,2-6H3,(H,28,32)(H,29,34)/t16-,19+,20?,25-/m1/s1. The quantitative estimate of drug-likeness (QED) is 0.411. The predicted molar refractivity (Wildman–Crippen MR) is 138 cm³/mol. The van der Waals surface area contributed by atoms with Gasteiger partial charge in [0, 0.05) is 32.2 Å². The van der Waals surface area contributed by atoms with Gasteiger partial charge >= 0.3 is 10.2 Å². The van der Waals surface area contributed by atoms with E-state index in [0.29, 0.717) is 25.1 Å². The maximum Gasteiger partial charge on any atom is 0.303 e. The molecule has 0 radical (unpaired) electrons. The van der Waals surface area contributed by atoms with Crippen molar-refractivity contribution < 1.29 is 27.2 Å². The van der Waals surface area contributed by atoms with Gasteiger partial charge in [-0.25, -0.2) is 9.11 Å².